The third-order valence-electron chi connectivity index (χ3n) is 2.89. The van der Waals surface area contributed by atoms with Crippen molar-refractivity contribution in [3.05, 3.63) is 35.0 Å². The molecule has 0 spiro atoms. The highest BCUT2D eigenvalue weighted by Crippen LogP contribution is 2.33. The van der Waals surface area contributed by atoms with Gasteiger partial charge in [0.05, 0.1) is 5.02 Å². The van der Waals surface area contributed by atoms with E-state index in [-0.39, 0.29) is 0 Å². The van der Waals surface area contributed by atoms with Gasteiger partial charge in [0.25, 0.3) is 0 Å². The summed E-state index contributed by atoms with van der Waals surface area (Å²) in [5.74, 6) is 0.552. The molecule has 1 heterocycles. The van der Waals surface area contributed by atoms with Crippen molar-refractivity contribution in [1.82, 2.24) is 5.32 Å². The van der Waals surface area contributed by atoms with Crippen molar-refractivity contribution < 1.29 is 9.52 Å². The third kappa shape index (κ3) is 2.46. The minimum Gasteiger partial charge on any atom is -0.456 e. The number of rotatable bonds is 4. The summed E-state index contributed by atoms with van der Waals surface area (Å²) >= 11 is 6.04. The Balaban J connectivity index is 2.39. The first-order valence-electron chi connectivity index (χ1n) is 5.60. The maximum absolute atomic E-state index is 10.3. The zero-order valence-corrected chi connectivity index (χ0v) is 10.7. The highest BCUT2D eigenvalue weighted by Gasteiger charge is 2.27. The number of hydrogen-bond donors (Lipinski definition) is 2. The van der Waals surface area contributed by atoms with E-state index in [1.807, 2.05) is 25.2 Å². The summed E-state index contributed by atoms with van der Waals surface area (Å²) in [5, 5.41) is 14.8. The van der Waals surface area contributed by atoms with Gasteiger partial charge in [0.1, 0.15) is 11.4 Å². The molecule has 0 radical (unpaired) electrons. The zero-order valence-electron chi connectivity index (χ0n) is 9.96. The van der Waals surface area contributed by atoms with Gasteiger partial charge in [-0.05, 0) is 39.1 Å². The molecule has 4 heteroatoms. The van der Waals surface area contributed by atoms with Crippen molar-refractivity contribution >= 4 is 22.6 Å². The van der Waals surface area contributed by atoms with Gasteiger partial charge >= 0.3 is 0 Å². The quantitative estimate of drug-likeness (QED) is 0.881. The smallest absolute Gasteiger partial charge is 0.153 e. The fourth-order valence-electron chi connectivity index (χ4n) is 1.78. The second-order valence-electron chi connectivity index (χ2n) is 4.40. The molecule has 0 saturated carbocycles. The van der Waals surface area contributed by atoms with E-state index in [9.17, 15) is 5.11 Å². The van der Waals surface area contributed by atoms with Crippen molar-refractivity contribution in [2.75, 3.05) is 13.6 Å². The van der Waals surface area contributed by atoms with Crippen LogP contribution in [0.5, 0.6) is 0 Å². The van der Waals surface area contributed by atoms with E-state index in [0.717, 1.165) is 11.9 Å². The van der Waals surface area contributed by atoms with Crippen LogP contribution in [0.1, 0.15) is 19.1 Å². The maximum Gasteiger partial charge on any atom is 0.153 e. The standard InChI is InChI=1S/C13H16ClNO2/c1-13(16,6-7-15-2)11-8-9-4-3-5-10(14)12(9)17-11/h3-5,8,15-16H,6-7H2,1-2H3. The molecule has 2 N–H and O–H groups in total. The number of para-hydroxylation sites is 1. The van der Waals surface area contributed by atoms with Gasteiger partial charge in [-0.2, -0.15) is 0 Å². The number of hydrogen-bond acceptors (Lipinski definition) is 3. The number of aliphatic hydroxyl groups is 1. The number of halogens is 1. The average molecular weight is 254 g/mol. The SMILES string of the molecule is CNCCC(C)(O)c1cc2cccc(Cl)c2o1. The Bertz CT molecular complexity index is 519. The first-order valence-corrected chi connectivity index (χ1v) is 5.98. The molecule has 0 aliphatic rings. The van der Waals surface area contributed by atoms with E-state index < -0.39 is 5.60 Å². The monoisotopic (exact) mass is 253 g/mol. The van der Waals surface area contributed by atoms with Gasteiger partial charge in [-0.25, -0.2) is 0 Å². The Morgan fingerprint density at radius 3 is 2.88 bits per heavy atom. The van der Waals surface area contributed by atoms with Crippen LogP contribution in [0, 0.1) is 0 Å². The number of nitrogens with one attached hydrogen (secondary N) is 1. The van der Waals surface area contributed by atoms with Crippen molar-refractivity contribution in [1.29, 1.82) is 0 Å². The predicted octanol–water partition coefficient (Wildman–Crippen LogP) is 2.90. The van der Waals surface area contributed by atoms with Gasteiger partial charge in [-0.15, -0.1) is 0 Å². The van der Waals surface area contributed by atoms with Crippen molar-refractivity contribution in [2.45, 2.75) is 18.9 Å². The molecule has 2 rings (SSSR count). The van der Waals surface area contributed by atoms with E-state index in [0.29, 0.717) is 22.8 Å². The molecule has 0 fully saturated rings. The predicted molar refractivity (Wildman–Crippen MR) is 69.3 cm³/mol. The van der Waals surface area contributed by atoms with Crippen LogP contribution in [0.25, 0.3) is 11.0 Å². The number of furan rings is 1. The van der Waals surface area contributed by atoms with Gasteiger partial charge in [0.2, 0.25) is 0 Å². The van der Waals surface area contributed by atoms with E-state index >= 15 is 0 Å². The second-order valence-corrected chi connectivity index (χ2v) is 4.80. The van der Waals surface area contributed by atoms with Crippen LogP contribution in [0.4, 0.5) is 0 Å². The van der Waals surface area contributed by atoms with Gasteiger partial charge in [0.15, 0.2) is 5.58 Å². The van der Waals surface area contributed by atoms with E-state index in [1.54, 1.807) is 13.0 Å². The third-order valence-corrected chi connectivity index (χ3v) is 3.19. The average Bonchev–Trinajstić information content (AvgIpc) is 2.72. The number of benzene rings is 1. The Morgan fingerprint density at radius 2 is 2.24 bits per heavy atom. The Labute approximate surface area is 105 Å². The molecule has 17 heavy (non-hydrogen) atoms. The van der Waals surface area contributed by atoms with Gasteiger partial charge < -0.3 is 14.8 Å². The fraction of sp³-hybridized carbons (Fsp3) is 0.385. The number of fused-ring (bicyclic) bond motifs is 1. The Morgan fingerprint density at radius 1 is 1.47 bits per heavy atom. The zero-order chi connectivity index (χ0) is 12.5. The van der Waals surface area contributed by atoms with Crippen molar-refractivity contribution in [3.8, 4) is 0 Å². The molecule has 1 aromatic heterocycles. The summed E-state index contributed by atoms with van der Waals surface area (Å²) in [6.07, 6.45) is 0.584. The summed E-state index contributed by atoms with van der Waals surface area (Å²) in [4.78, 5) is 0. The minimum atomic E-state index is -0.981. The Hall–Kier alpha value is -1.03. The molecule has 0 amide bonds. The van der Waals surface area contributed by atoms with Crippen LogP contribution >= 0.6 is 11.6 Å². The topological polar surface area (TPSA) is 45.4 Å². The summed E-state index contributed by atoms with van der Waals surface area (Å²) in [5.41, 5.74) is -0.348. The van der Waals surface area contributed by atoms with Crippen molar-refractivity contribution in [3.63, 3.8) is 0 Å². The molecule has 0 bridgehead atoms. The molecule has 0 aliphatic heterocycles. The lowest BCUT2D eigenvalue weighted by atomic mass is 9.99. The molecule has 1 aromatic carbocycles. The van der Waals surface area contributed by atoms with Crippen LogP contribution in [0.3, 0.4) is 0 Å². The minimum absolute atomic E-state index is 0.552. The van der Waals surface area contributed by atoms with Crippen LogP contribution < -0.4 is 5.32 Å². The second kappa shape index (κ2) is 4.69. The van der Waals surface area contributed by atoms with Crippen molar-refractivity contribution in [2.24, 2.45) is 0 Å². The van der Waals surface area contributed by atoms with E-state index in [4.69, 9.17) is 16.0 Å². The van der Waals surface area contributed by atoms with E-state index in [2.05, 4.69) is 5.32 Å². The van der Waals surface area contributed by atoms with Crippen LogP contribution in [-0.2, 0) is 5.60 Å². The van der Waals surface area contributed by atoms with Crippen LogP contribution in [0.2, 0.25) is 5.02 Å². The van der Waals surface area contributed by atoms with Gasteiger partial charge in [-0.1, -0.05) is 23.7 Å². The molecular weight excluding hydrogens is 238 g/mol. The Kier molecular flexibility index (Phi) is 3.43. The first kappa shape index (κ1) is 12.4. The highest BCUT2D eigenvalue weighted by atomic mass is 35.5. The van der Waals surface area contributed by atoms with Gasteiger partial charge in [0, 0.05) is 5.39 Å². The lowest BCUT2D eigenvalue weighted by molar-refractivity contribution is 0.0276. The maximum atomic E-state index is 10.3. The molecule has 1 atom stereocenters. The molecule has 0 aliphatic carbocycles. The van der Waals surface area contributed by atoms with Crippen LogP contribution in [-0.4, -0.2) is 18.7 Å². The molecule has 3 nitrogen and oxygen atoms in total. The summed E-state index contributed by atoms with van der Waals surface area (Å²) in [6, 6.07) is 7.41. The largest absolute Gasteiger partial charge is 0.456 e. The molecular formula is C13H16ClNO2. The normalized spacial score (nSPS) is 15.1. The van der Waals surface area contributed by atoms with Crippen LogP contribution in [0.15, 0.2) is 28.7 Å². The van der Waals surface area contributed by atoms with E-state index in [1.165, 1.54) is 0 Å². The molecule has 2 aromatic rings. The lowest BCUT2D eigenvalue weighted by Crippen LogP contribution is -2.25. The highest BCUT2D eigenvalue weighted by molar-refractivity contribution is 6.34. The molecule has 1 unspecified atom stereocenters. The lowest BCUT2D eigenvalue weighted by Gasteiger charge is -2.20. The fourth-order valence-corrected chi connectivity index (χ4v) is 2.00. The molecule has 92 valence electrons. The summed E-state index contributed by atoms with van der Waals surface area (Å²) < 4.78 is 5.65. The summed E-state index contributed by atoms with van der Waals surface area (Å²) in [7, 11) is 1.85. The summed E-state index contributed by atoms with van der Waals surface area (Å²) in [6.45, 7) is 2.47. The first-order chi connectivity index (χ1) is 8.04. The molecule has 0 saturated heterocycles. The van der Waals surface area contributed by atoms with Gasteiger partial charge in [-0.3, -0.25) is 0 Å².